The van der Waals surface area contributed by atoms with Crippen LogP contribution in [-0.2, 0) is 10.4 Å². The van der Waals surface area contributed by atoms with Crippen LogP contribution in [0.5, 0.6) is 0 Å². The fourth-order valence-corrected chi connectivity index (χ4v) is 0. The van der Waals surface area contributed by atoms with Gasteiger partial charge in [-0.1, -0.05) is 0 Å². The summed E-state index contributed by atoms with van der Waals surface area (Å²) >= 11 is 0. The topological polar surface area (TPSA) is 106 Å². The van der Waals surface area contributed by atoms with Gasteiger partial charge >= 0.3 is 29.3 Å². The van der Waals surface area contributed by atoms with Crippen molar-refractivity contribution >= 4 is 46.6 Å². The summed E-state index contributed by atoms with van der Waals surface area (Å²) in [6, 6.07) is 0. The first kappa shape index (κ1) is 23.1. The summed E-state index contributed by atoms with van der Waals surface area (Å²) in [5.41, 5.74) is 0. The molecule has 8 heavy (non-hydrogen) atoms. The Bertz CT molecular complexity index is 95.6. The number of hydrogen-bond acceptors (Lipinski definition) is 2. The van der Waals surface area contributed by atoms with Crippen LogP contribution in [0.3, 0.4) is 0 Å². The van der Waals surface area contributed by atoms with E-state index in [0.29, 0.717) is 0 Å². The van der Waals surface area contributed by atoms with Crippen LogP contribution in [0.25, 0.3) is 0 Å². The van der Waals surface area contributed by atoms with Crippen molar-refractivity contribution in [3.05, 3.63) is 0 Å². The number of rotatable bonds is 0. The Morgan fingerprint density at radius 3 is 1.12 bits per heavy atom. The van der Waals surface area contributed by atoms with E-state index >= 15 is 0 Å². The van der Waals surface area contributed by atoms with Crippen molar-refractivity contribution in [2.24, 2.45) is 0 Å². The van der Waals surface area contributed by atoms with Crippen molar-refractivity contribution in [3.63, 3.8) is 0 Å². The Morgan fingerprint density at radius 1 is 1.12 bits per heavy atom. The first-order valence-electron chi connectivity index (χ1n) is 0.698. The van der Waals surface area contributed by atoms with Gasteiger partial charge < -0.3 is 5.48 Å². The maximum absolute atomic E-state index is 8.74. The third-order valence-corrected chi connectivity index (χ3v) is 0. The van der Waals surface area contributed by atoms with E-state index < -0.39 is 10.4 Å². The van der Waals surface area contributed by atoms with Gasteiger partial charge in [-0.05, 0) is 0 Å². The summed E-state index contributed by atoms with van der Waals surface area (Å²) in [7, 11) is -4.67. The minimum atomic E-state index is -4.67. The van der Waals surface area contributed by atoms with Crippen molar-refractivity contribution in [1.29, 1.82) is 0 Å². The Kier molecular flexibility index (Phi) is 23.0. The second kappa shape index (κ2) is 7.96. The van der Waals surface area contributed by atoms with E-state index in [1.54, 1.807) is 0 Å². The molecule has 8 heteroatoms. The predicted molar refractivity (Wildman–Crippen MR) is 34.9 cm³/mol. The van der Waals surface area contributed by atoms with Crippen molar-refractivity contribution in [1.82, 2.24) is 0 Å². The van der Waals surface area contributed by atoms with Gasteiger partial charge in [0, 0.05) is 0 Å². The fraction of sp³-hybridized carbons (Fsp3) is 0. The average Bonchev–Trinajstić information content (AvgIpc) is 0.722. The molecule has 0 aliphatic rings. The molecule has 0 aliphatic carbocycles. The maximum atomic E-state index is 8.74. The summed E-state index contributed by atoms with van der Waals surface area (Å²) in [5, 5.41) is 0. The van der Waals surface area contributed by atoms with Gasteiger partial charge in [-0.3, -0.25) is 9.11 Å². The van der Waals surface area contributed by atoms with Gasteiger partial charge in [0.25, 0.3) is 0 Å². The Labute approximate surface area is 69.7 Å². The first-order chi connectivity index (χ1) is 2.00. The van der Waals surface area contributed by atoms with Crippen LogP contribution < -0.4 is 0 Å². The molecular weight excluding hydrogens is 146 g/mol. The molecule has 0 spiro atoms. The van der Waals surface area contributed by atoms with E-state index in [0.717, 1.165) is 0 Å². The standard InChI is InChI=1S/Al.Li.H2O4S.H2O.4H/c;;1-5(2,3)4;;;;;/h;;(H2,1,2,3,4);1H2;;;;. The van der Waals surface area contributed by atoms with E-state index in [-0.39, 0.29) is 41.7 Å². The second-order valence-electron chi connectivity index (χ2n) is 0.448. The first-order valence-corrected chi connectivity index (χ1v) is 2.10. The zero-order valence-electron chi connectivity index (χ0n) is 2.62. The van der Waals surface area contributed by atoms with Crippen LogP contribution in [0.4, 0.5) is 0 Å². The monoisotopic (exact) mass is 154 g/mol. The Hall–Kier alpha value is 0.960. The van der Waals surface area contributed by atoms with Gasteiger partial charge in [0.15, 0.2) is 17.4 Å². The van der Waals surface area contributed by atoms with E-state index in [2.05, 4.69) is 0 Å². The molecule has 0 amide bonds. The van der Waals surface area contributed by atoms with Crippen LogP contribution in [0.1, 0.15) is 0 Å². The molecule has 0 bridgehead atoms. The van der Waals surface area contributed by atoms with E-state index in [1.165, 1.54) is 0 Å². The van der Waals surface area contributed by atoms with Gasteiger partial charge in [0.1, 0.15) is 0 Å². The fourth-order valence-electron chi connectivity index (χ4n) is 0. The summed E-state index contributed by atoms with van der Waals surface area (Å²) < 4.78 is 31.6. The summed E-state index contributed by atoms with van der Waals surface area (Å²) in [6.07, 6.45) is 0. The predicted octanol–water partition coefficient (Wildman–Crippen LogP) is -3.31. The molecular formula is H8AlLiO5S. The zero-order chi connectivity index (χ0) is 4.50. The van der Waals surface area contributed by atoms with Gasteiger partial charge in [0.05, 0.1) is 0 Å². The quantitative estimate of drug-likeness (QED) is 0.281. The molecule has 0 saturated heterocycles. The van der Waals surface area contributed by atoms with Crippen molar-refractivity contribution in [3.8, 4) is 0 Å². The van der Waals surface area contributed by atoms with Crippen LogP contribution in [0.2, 0.25) is 0 Å². The Morgan fingerprint density at radius 2 is 1.12 bits per heavy atom. The molecule has 0 aromatic carbocycles. The average molecular weight is 154 g/mol. The molecule has 0 saturated carbocycles. The van der Waals surface area contributed by atoms with Crippen molar-refractivity contribution in [2.75, 3.05) is 0 Å². The van der Waals surface area contributed by atoms with E-state index in [9.17, 15) is 0 Å². The van der Waals surface area contributed by atoms with Gasteiger partial charge in [-0.25, -0.2) is 0 Å². The van der Waals surface area contributed by atoms with Crippen LogP contribution in [0.15, 0.2) is 0 Å². The molecule has 0 rings (SSSR count). The van der Waals surface area contributed by atoms with Crippen LogP contribution in [-0.4, -0.2) is 59.2 Å². The molecule has 0 aromatic rings. The normalized spacial score (nSPS) is 7.25. The van der Waals surface area contributed by atoms with Crippen LogP contribution in [0, 0.1) is 0 Å². The molecule has 0 aromatic heterocycles. The zero-order valence-corrected chi connectivity index (χ0v) is 3.44. The van der Waals surface area contributed by atoms with Crippen molar-refractivity contribution < 1.29 is 23.0 Å². The molecule has 0 aliphatic heterocycles. The van der Waals surface area contributed by atoms with Gasteiger partial charge in [0.2, 0.25) is 0 Å². The van der Waals surface area contributed by atoms with Gasteiger partial charge in [-0.2, -0.15) is 8.42 Å². The molecule has 0 heterocycles. The van der Waals surface area contributed by atoms with Crippen LogP contribution >= 0.6 is 0 Å². The molecule has 0 radical (unpaired) electrons. The second-order valence-corrected chi connectivity index (χ2v) is 1.34. The minimum absolute atomic E-state index is 0. The molecule has 48 valence electrons. The third kappa shape index (κ3) is 268. The summed E-state index contributed by atoms with van der Waals surface area (Å²) in [6.45, 7) is 0. The summed E-state index contributed by atoms with van der Waals surface area (Å²) in [5.74, 6) is 0. The molecule has 0 fully saturated rings. The number of hydrogen-bond donors (Lipinski definition) is 2. The van der Waals surface area contributed by atoms with Crippen molar-refractivity contribution in [2.45, 2.75) is 0 Å². The van der Waals surface area contributed by atoms with E-state index in [4.69, 9.17) is 17.5 Å². The molecule has 0 unspecified atom stereocenters. The third-order valence-electron chi connectivity index (χ3n) is 0. The molecule has 0 atom stereocenters. The Balaban J connectivity index is -0.0000000267. The molecule has 5 nitrogen and oxygen atoms in total. The SMILES string of the molecule is O.O=S(=O)(O)O.[AlH3].[LiH]. The summed E-state index contributed by atoms with van der Waals surface area (Å²) in [4.78, 5) is 0. The van der Waals surface area contributed by atoms with Gasteiger partial charge in [-0.15, -0.1) is 0 Å². The van der Waals surface area contributed by atoms with E-state index in [1.807, 2.05) is 0 Å². The molecule has 4 N–H and O–H groups in total.